The van der Waals surface area contributed by atoms with Gasteiger partial charge in [0.2, 0.25) is 5.91 Å². The molecule has 0 radical (unpaired) electrons. The van der Waals surface area contributed by atoms with Crippen LogP contribution in [0.25, 0.3) is 0 Å². The number of carbonyl (C=O) groups is 2. The maximum Gasteiger partial charge on any atom is 0.356 e. The maximum atomic E-state index is 11.3. The van der Waals surface area contributed by atoms with E-state index in [2.05, 4.69) is 10.3 Å². The third kappa shape index (κ3) is 3.89. The van der Waals surface area contributed by atoms with E-state index in [-0.39, 0.29) is 16.6 Å². The number of carboxylic acids is 1. The van der Waals surface area contributed by atoms with Crippen molar-refractivity contribution in [2.24, 2.45) is 0 Å². The Hall–Kier alpha value is -1.82. The molecule has 0 saturated carbocycles. The molecular formula is C11H14ClN3O3. The Bertz CT molecular complexity index is 463. The zero-order chi connectivity index (χ0) is 13.7. The van der Waals surface area contributed by atoms with E-state index in [1.54, 1.807) is 20.2 Å². The lowest BCUT2D eigenvalue weighted by molar-refractivity contribution is -0.128. The summed E-state index contributed by atoms with van der Waals surface area (Å²) < 4.78 is 0. The van der Waals surface area contributed by atoms with E-state index in [0.717, 1.165) is 0 Å². The molecule has 18 heavy (non-hydrogen) atoms. The fourth-order valence-corrected chi connectivity index (χ4v) is 1.40. The van der Waals surface area contributed by atoms with E-state index in [0.29, 0.717) is 18.8 Å². The monoisotopic (exact) mass is 271 g/mol. The molecule has 0 fully saturated rings. The first-order valence-corrected chi connectivity index (χ1v) is 5.63. The van der Waals surface area contributed by atoms with Gasteiger partial charge in [-0.1, -0.05) is 11.6 Å². The number of aromatic carboxylic acids is 1. The molecule has 0 aliphatic rings. The topological polar surface area (TPSA) is 82.5 Å². The number of nitrogens with one attached hydrogen (secondary N) is 1. The number of nitrogens with zero attached hydrogens (tertiary/aromatic N) is 2. The number of halogens is 1. The average molecular weight is 272 g/mol. The molecule has 0 aliphatic heterocycles. The number of hydrogen-bond acceptors (Lipinski definition) is 4. The number of anilines is 1. The molecule has 6 nitrogen and oxygen atoms in total. The van der Waals surface area contributed by atoms with Crippen molar-refractivity contribution in [3.63, 3.8) is 0 Å². The molecule has 2 N–H and O–H groups in total. The van der Waals surface area contributed by atoms with Crippen molar-refractivity contribution in [1.29, 1.82) is 0 Å². The molecule has 0 aliphatic carbocycles. The first kappa shape index (κ1) is 14.2. The van der Waals surface area contributed by atoms with Crippen molar-refractivity contribution >= 4 is 29.3 Å². The van der Waals surface area contributed by atoms with Crippen LogP contribution in [0.2, 0.25) is 5.02 Å². The first-order valence-electron chi connectivity index (χ1n) is 5.25. The normalized spacial score (nSPS) is 9.94. The van der Waals surface area contributed by atoms with E-state index in [9.17, 15) is 9.59 Å². The number of rotatable bonds is 5. The number of carboxylic acid groups (broad SMARTS) is 1. The lowest BCUT2D eigenvalue weighted by atomic mass is 10.3. The maximum absolute atomic E-state index is 11.3. The van der Waals surface area contributed by atoms with Gasteiger partial charge < -0.3 is 15.3 Å². The second-order valence-corrected chi connectivity index (χ2v) is 4.20. The lowest BCUT2D eigenvalue weighted by Crippen LogP contribution is -2.24. The molecule has 0 saturated heterocycles. The molecule has 0 bridgehead atoms. The van der Waals surface area contributed by atoms with Gasteiger partial charge >= 0.3 is 5.97 Å². The molecule has 1 rings (SSSR count). The largest absolute Gasteiger partial charge is 0.476 e. The van der Waals surface area contributed by atoms with Gasteiger partial charge in [0.25, 0.3) is 0 Å². The van der Waals surface area contributed by atoms with Gasteiger partial charge in [0.05, 0.1) is 5.02 Å². The van der Waals surface area contributed by atoms with E-state index >= 15 is 0 Å². The summed E-state index contributed by atoms with van der Waals surface area (Å²) >= 11 is 5.69. The highest BCUT2D eigenvalue weighted by atomic mass is 35.5. The standard InChI is InChI=1S/C11H14ClN3O3/c1-15(2)9(16)5-6-13-8-4-3-7(12)10(14-8)11(17)18/h3-4H,5-6H2,1-2H3,(H,13,14)(H,17,18). The quantitative estimate of drug-likeness (QED) is 0.844. The zero-order valence-corrected chi connectivity index (χ0v) is 10.9. The summed E-state index contributed by atoms with van der Waals surface area (Å²) in [6, 6.07) is 3.02. The van der Waals surface area contributed by atoms with Crippen LogP contribution in [0.4, 0.5) is 5.82 Å². The summed E-state index contributed by atoms with van der Waals surface area (Å²) in [6.45, 7) is 0.380. The number of carbonyl (C=O) groups excluding carboxylic acids is 1. The van der Waals surface area contributed by atoms with Gasteiger partial charge in [0, 0.05) is 27.1 Å². The number of amides is 1. The van der Waals surface area contributed by atoms with Crippen molar-refractivity contribution in [1.82, 2.24) is 9.88 Å². The second kappa shape index (κ2) is 6.20. The van der Waals surface area contributed by atoms with Crippen molar-refractivity contribution in [3.8, 4) is 0 Å². The third-order valence-corrected chi connectivity index (χ3v) is 2.50. The Labute approximate surface area is 110 Å². The van der Waals surface area contributed by atoms with Gasteiger partial charge in [-0.15, -0.1) is 0 Å². The molecule has 0 atom stereocenters. The van der Waals surface area contributed by atoms with Crippen LogP contribution in [-0.4, -0.2) is 47.5 Å². The molecule has 98 valence electrons. The minimum atomic E-state index is -1.19. The molecule has 7 heteroatoms. The van der Waals surface area contributed by atoms with Gasteiger partial charge in [-0.3, -0.25) is 4.79 Å². The second-order valence-electron chi connectivity index (χ2n) is 3.80. The highest BCUT2D eigenvalue weighted by Gasteiger charge is 2.11. The minimum absolute atomic E-state index is 0.0186. The molecule has 1 aromatic heterocycles. The predicted molar refractivity (Wildman–Crippen MR) is 68.0 cm³/mol. The van der Waals surface area contributed by atoms with Gasteiger partial charge in [-0.05, 0) is 12.1 Å². The van der Waals surface area contributed by atoms with Crippen molar-refractivity contribution in [2.75, 3.05) is 26.0 Å². The van der Waals surface area contributed by atoms with Crippen LogP contribution in [0.1, 0.15) is 16.9 Å². The molecule has 0 spiro atoms. The lowest BCUT2D eigenvalue weighted by Gasteiger charge is -2.11. The van der Waals surface area contributed by atoms with Crippen LogP contribution < -0.4 is 5.32 Å². The number of pyridine rings is 1. The summed E-state index contributed by atoms with van der Waals surface area (Å²) in [5.74, 6) is -0.828. The SMILES string of the molecule is CN(C)C(=O)CCNc1ccc(Cl)c(C(=O)O)n1. The van der Waals surface area contributed by atoms with Gasteiger partial charge in [-0.25, -0.2) is 9.78 Å². The summed E-state index contributed by atoms with van der Waals surface area (Å²) in [6.07, 6.45) is 0.305. The third-order valence-electron chi connectivity index (χ3n) is 2.19. The van der Waals surface area contributed by atoms with Crippen molar-refractivity contribution < 1.29 is 14.7 Å². The van der Waals surface area contributed by atoms with Crippen LogP contribution in [0, 0.1) is 0 Å². The Morgan fingerprint density at radius 3 is 2.67 bits per heavy atom. The van der Waals surface area contributed by atoms with E-state index in [1.165, 1.54) is 11.0 Å². The minimum Gasteiger partial charge on any atom is -0.476 e. The molecule has 0 aromatic carbocycles. The summed E-state index contributed by atoms with van der Waals surface area (Å²) in [7, 11) is 3.34. The number of hydrogen-bond donors (Lipinski definition) is 2. The fraction of sp³-hybridized carbons (Fsp3) is 0.364. The number of aromatic nitrogens is 1. The van der Waals surface area contributed by atoms with Crippen LogP contribution in [0.15, 0.2) is 12.1 Å². The van der Waals surface area contributed by atoms with Crippen LogP contribution in [0.5, 0.6) is 0 Å². The Morgan fingerprint density at radius 1 is 1.44 bits per heavy atom. The van der Waals surface area contributed by atoms with Gasteiger partial charge in [0.15, 0.2) is 5.69 Å². The van der Waals surface area contributed by atoms with Crippen molar-refractivity contribution in [2.45, 2.75) is 6.42 Å². The summed E-state index contributed by atoms with van der Waals surface area (Å²) in [4.78, 5) is 27.5. The van der Waals surface area contributed by atoms with Crippen molar-refractivity contribution in [3.05, 3.63) is 22.8 Å². The zero-order valence-electron chi connectivity index (χ0n) is 10.1. The summed E-state index contributed by atoms with van der Waals surface area (Å²) in [5, 5.41) is 11.8. The Balaban J connectivity index is 2.61. The van der Waals surface area contributed by atoms with Gasteiger partial charge in [0.1, 0.15) is 5.82 Å². The van der Waals surface area contributed by atoms with Crippen LogP contribution >= 0.6 is 11.6 Å². The smallest absolute Gasteiger partial charge is 0.356 e. The Kier molecular flexibility index (Phi) is 4.91. The first-order chi connectivity index (χ1) is 8.41. The highest BCUT2D eigenvalue weighted by Crippen LogP contribution is 2.16. The molecule has 1 heterocycles. The van der Waals surface area contributed by atoms with Crippen LogP contribution in [-0.2, 0) is 4.79 Å². The highest BCUT2D eigenvalue weighted by molar-refractivity contribution is 6.33. The van der Waals surface area contributed by atoms with Crippen LogP contribution in [0.3, 0.4) is 0 Å². The predicted octanol–water partition coefficient (Wildman–Crippen LogP) is 1.32. The Morgan fingerprint density at radius 2 is 2.11 bits per heavy atom. The summed E-state index contributed by atoms with van der Waals surface area (Å²) in [5.41, 5.74) is -0.208. The van der Waals surface area contributed by atoms with E-state index in [1.807, 2.05) is 0 Å². The molecular weight excluding hydrogens is 258 g/mol. The molecule has 0 unspecified atom stereocenters. The molecule has 1 amide bonds. The fourth-order valence-electron chi connectivity index (χ4n) is 1.21. The van der Waals surface area contributed by atoms with E-state index < -0.39 is 5.97 Å². The van der Waals surface area contributed by atoms with Gasteiger partial charge in [-0.2, -0.15) is 0 Å². The average Bonchev–Trinajstić information content (AvgIpc) is 2.30. The molecule has 1 aromatic rings. The van der Waals surface area contributed by atoms with E-state index in [4.69, 9.17) is 16.7 Å².